The summed E-state index contributed by atoms with van der Waals surface area (Å²) in [6.07, 6.45) is 1.85. The van der Waals surface area contributed by atoms with Crippen molar-refractivity contribution in [3.63, 3.8) is 0 Å². The third-order valence-corrected chi connectivity index (χ3v) is 5.50. The van der Waals surface area contributed by atoms with Crippen molar-refractivity contribution in [1.29, 1.82) is 0 Å². The van der Waals surface area contributed by atoms with E-state index >= 15 is 4.39 Å². The molecule has 1 amide bonds. The second kappa shape index (κ2) is 8.11. The predicted octanol–water partition coefficient (Wildman–Crippen LogP) is 4.16. The van der Waals surface area contributed by atoms with Crippen LogP contribution in [0.5, 0.6) is 0 Å². The molecule has 2 heterocycles. The number of carbonyl (C=O) groups excluding carboxylic acids is 1. The van der Waals surface area contributed by atoms with E-state index in [1.807, 2.05) is 56.0 Å². The van der Waals surface area contributed by atoms with Crippen LogP contribution in [-0.2, 0) is 4.79 Å². The lowest BCUT2D eigenvalue weighted by Crippen LogP contribution is -2.37. The molecule has 0 spiro atoms. The van der Waals surface area contributed by atoms with Gasteiger partial charge in [-0.15, -0.1) is 0 Å². The Balaban J connectivity index is 1.71. The summed E-state index contributed by atoms with van der Waals surface area (Å²) in [7, 11) is 0. The minimum atomic E-state index is -1.18. The molecule has 0 saturated carbocycles. The van der Waals surface area contributed by atoms with Crippen LogP contribution in [-0.4, -0.2) is 47.2 Å². The van der Waals surface area contributed by atoms with Gasteiger partial charge in [-0.2, -0.15) is 0 Å². The number of likely N-dealkylation sites (tertiary alicyclic amines) is 1. The first kappa shape index (κ1) is 18.7. The molecule has 4 nitrogen and oxygen atoms in total. The molecule has 5 heteroatoms. The Hall–Kier alpha value is -2.04. The van der Waals surface area contributed by atoms with Crippen LogP contribution in [0, 0.1) is 0 Å². The van der Waals surface area contributed by atoms with E-state index in [9.17, 15) is 4.79 Å². The van der Waals surface area contributed by atoms with Crippen molar-refractivity contribution in [1.82, 2.24) is 4.90 Å². The third kappa shape index (κ3) is 3.87. The standard InChI is InChI=1S/C21H28FN3O/c1-4-18-19(17(22)13-14(2)16-10-6-5-7-11-16)24-20(23-18)21(26)25-12-8-9-15(25)3/h5-7,10-11,14-15,17-18H,4,8-9,12-13H2,1-3H3. The summed E-state index contributed by atoms with van der Waals surface area (Å²) < 4.78 is 15.0. The highest BCUT2D eigenvalue weighted by atomic mass is 19.1. The fourth-order valence-electron chi connectivity index (χ4n) is 3.83. The summed E-state index contributed by atoms with van der Waals surface area (Å²) in [6, 6.07) is 9.84. The van der Waals surface area contributed by atoms with Crippen LogP contribution in [0.1, 0.15) is 57.9 Å². The molecule has 1 aromatic carbocycles. The summed E-state index contributed by atoms with van der Waals surface area (Å²) in [5.41, 5.74) is 1.54. The maximum atomic E-state index is 15.0. The Morgan fingerprint density at radius 1 is 1.35 bits per heavy atom. The molecular formula is C21H28FN3O. The van der Waals surface area contributed by atoms with E-state index in [0.29, 0.717) is 18.6 Å². The topological polar surface area (TPSA) is 45.0 Å². The van der Waals surface area contributed by atoms with E-state index in [1.165, 1.54) is 0 Å². The molecule has 2 aliphatic rings. The SMILES string of the molecule is CCC1N=C(C(=O)N2CCCC2C)N=C1C(F)CC(C)c1ccccc1. The zero-order valence-corrected chi connectivity index (χ0v) is 15.9. The number of amidine groups is 1. The first-order chi connectivity index (χ1) is 12.5. The van der Waals surface area contributed by atoms with Gasteiger partial charge >= 0.3 is 0 Å². The van der Waals surface area contributed by atoms with E-state index in [0.717, 1.165) is 24.9 Å². The highest BCUT2D eigenvalue weighted by molar-refractivity contribution is 6.41. The molecule has 1 fully saturated rings. The number of rotatable bonds is 6. The second-order valence-electron chi connectivity index (χ2n) is 7.42. The van der Waals surface area contributed by atoms with Crippen molar-refractivity contribution in [3.05, 3.63) is 35.9 Å². The van der Waals surface area contributed by atoms with Gasteiger partial charge in [0.15, 0.2) is 0 Å². The van der Waals surface area contributed by atoms with Gasteiger partial charge in [-0.25, -0.2) is 9.38 Å². The maximum absolute atomic E-state index is 15.0. The molecular weight excluding hydrogens is 329 g/mol. The van der Waals surface area contributed by atoms with Gasteiger partial charge in [0.2, 0.25) is 5.84 Å². The molecule has 4 unspecified atom stereocenters. The minimum Gasteiger partial charge on any atom is -0.333 e. The molecule has 0 bridgehead atoms. The molecule has 140 valence electrons. The Bertz CT molecular complexity index is 700. The molecule has 3 rings (SSSR count). The highest BCUT2D eigenvalue weighted by Gasteiger charge is 2.35. The van der Waals surface area contributed by atoms with Crippen LogP contribution in [0.25, 0.3) is 0 Å². The summed E-state index contributed by atoms with van der Waals surface area (Å²) in [5, 5.41) is 0. The van der Waals surface area contributed by atoms with Gasteiger partial charge in [-0.05, 0) is 44.1 Å². The number of carbonyl (C=O) groups is 1. The number of aliphatic imine (C=N–C) groups is 2. The molecule has 2 aliphatic heterocycles. The van der Waals surface area contributed by atoms with Crippen molar-refractivity contribution in [2.45, 2.75) is 70.6 Å². The molecule has 0 aliphatic carbocycles. The molecule has 4 atom stereocenters. The van der Waals surface area contributed by atoms with Crippen molar-refractivity contribution in [2.75, 3.05) is 6.54 Å². The van der Waals surface area contributed by atoms with Gasteiger partial charge in [-0.1, -0.05) is 44.2 Å². The Morgan fingerprint density at radius 2 is 2.08 bits per heavy atom. The summed E-state index contributed by atoms with van der Waals surface area (Å²) in [5.74, 6) is 0.132. The van der Waals surface area contributed by atoms with Gasteiger partial charge in [0, 0.05) is 12.6 Å². The number of amides is 1. The maximum Gasteiger partial charge on any atom is 0.291 e. The molecule has 1 aromatic rings. The Morgan fingerprint density at radius 3 is 2.69 bits per heavy atom. The van der Waals surface area contributed by atoms with Crippen LogP contribution < -0.4 is 0 Å². The van der Waals surface area contributed by atoms with E-state index in [4.69, 9.17) is 0 Å². The number of benzene rings is 1. The molecule has 0 N–H and O–H groups in total. The lowest BCUT2D eigenvalue weighted by molar-refractivity contribution is -0.124. The first-order valence-corrected chi connectivity index (χ1v) is 9.67. The van der Waals surface area contributed by atoms with Crippen molar-refractivity contribution < 1.29 is 9.18 Å². The zero-order chi connectivity index (χ0) is 18.7. The number of alkyl halides is 1. The lowest BCUT2D eigenvalue weighted by atomic mass is 9.92. The quantitative estimate of drug-likeness (QED) is 0.754. The Kier molecular flexibility index (Phi) is 5.84. The average Bonchev–Trinajstić information content (AvgIpc) is 3.28. The van der Waals surface area contributed by atoms with Crippen LogP contribution in [0.15, 0.2) is 40.3 Å². The minimum absolute atomic E-state index is 0.0877. The van der Waals surface area contributed by atoms with Crippen molar-refractivity contribution >= 4 is 17.5 Å². The van der Waals surface area contributed by atoms with E-state index in [2.05, 4.69) is 9.98 Å². The van der Waals surface area contributed by atoms with Crippen LogP contribution >= 0.6 is 0 Å². The molecule has 1 saturated heterocycles. The number of halogens is 1. The van der Waals surface area contributed by atoms with Crippen LogP contribution in [0.2, 0.25) is 0 Å². The van der Waals surface area contributed by atoms with Crippen molar-refractivity contribution in [2.24, 2.45) is 9.98 Å². The number of hydrogen-bond donors (Lipinski definition) is 0. The van der Waals surface area contributed by atoms with Crippen molar-refractivity contribution in [3.8, 4) is 0 Å². The monoisotopic (exact) mass is 357 g/mol. The van der Waals surface area contributed by atoms with Crippen LogP contribution in [0.3, 0.4) is 0 Å². The second-order valence-corrected chi connectivity index (χ2v) is 7.42. The fraction of sp³-hybridized carbons (Fsp3) is 0.571. The first-order valence-electron chi connectivity index (χ1n) is 9.67. The molecule has 26 heavy (non-hydrogen) atoms. The molecule has 0 aromatic heterocycles. The fourth-order valence-corrected chi connectivity index (χ4v) is 3.83. The third-order valence-electron chi connectivity index (χ3n) is 5.50. The zero-order valence-electron chi connectivity index (χ0n) is 15.9. The van der Waals surface area contributed by atoms with E-state index < -0.39 is 6.17 Å². The van der Waals surface area contributed by atoms with E-state index in [1.54, 1.807) is 0 Å². The van der Waals surface area contributed by atoms with E-state index in [-0.39, 0.29) is 29.7 Å². The highest BCUT2D eigenvalue weighted by Crippen LogP contribution is 2.26. The van der Waals surface area contributed by atoms with Gasteiger partial charge in [-0.3, -0.25) is 9.79 Å². The predicted molar refractivity (Wildman–Crippen MR) is 104 cm³/mol. The number of hydrogen-bond acceptors (Lipinski definition) is 3. The van der Waals surface area contributed by atoms with Gasteiger partial charge in [0.05, 0.1) is 11.8 Å². The Labute approximate surface area is 155 Å². The van der Waals surface area contributed by atoms with Gasteiger partial charge in [0.1, 0.15) is 6.17 Å². The van der Waals surface area contributed by atoms with Gasteiger partial charge in [0.25, 0.3) is 5.91 Å². The number of nitrogens with zero attached hydrogens (tertiary/aromatic N) is 3. The largest absolute Gasteiger partial charge is 0.333 e. The van der Waals surface area contributed by atoms with Gasteiger partial charge < -0.3 is 4.90 Å². The van der Waals surface area contributed by atoms with Crippen LogP contribution in [0.4, 0.5) is 4.39 Å². The average molecular weight is 357 g/mol. The smallest absolute Gasteiger partial charge is 0.291 e. The molecule has 0 radical (unpaired) electrons. The lowest BCUT2D eigenvalue weighted by Gasteiger charge is -2.20. The summed E-state index contributed by atoms with van der Waals surface area (Å²) in [4.78, 5) is 23.3. The summed E-state index contributed by atoms with van der Waals surface area (Å²) >= 11 is 0. The normalized spacial score (nSPS) is 25.0. The summed E-state index contributed by atoms with van der Waals surface area (Å²) in [6.45, 7) is 6.77.